The summed E-state index contributed by atoms with van der Waals surface area (Å²) >= 11 is 9.81. The van der Waals surface area contributed by atoms with Crippen LogP contribution in [0.15, 0.2) is 18.3 Å². The highest BCUT2D eigenvalue weighted by molar-refractivity contribution is 7.82. The Hall–Kier alpha value is -1.60. The molecule has 0 spiro atoms. The number of amides is 2. The molecule has 0 saturated heterocycles. The summed E-state index contributed by atoms with van der Waals surface area (Å²) in [5.41, 5.74) is 0.962. The van der Waals surface area contributed by atoms with Gasteiger partial charge in [0.05, 0.1) is 6.20 Å². The summed E-state index contributed by atoms with van der Waals surface area (Å²) in [6.45, 7) is 2.33. The molecule has 8 heteroatoms. The van der Waals surface area contributed by atoms with Gasteiger partial charge < -0.3 is 5.32 Å². The number of fused-ring (bicyclic) bond motifs is 1. The number of pyridine rings is 1. The Bertz CT molecular complexity index is 593. The summed E-state index contributed by atoms with van der Waals surface area (Å²) in [6, 6.07) is 2.97. The highest BCUT2D eigenvalue weighted by Crippen LogP contribution is 2.18. The van der Waals surface area contributed by atoms with Gasteiger partial charge in [0, 0.05) is 6.54 Å². The van der Waals surface area contributed by atoms with Crippen molar-refractivity contribution in [3.8, 4) is 0 Å². The minimum Gasteiger partial charge on any atom is -0.337 e. The Morgan fingerprint density at radius 2 is 2.28 bits per heavy atom. The van der Waals surface area contributed by atoms with E-state index in [-0.39, 0.29) is 11.2 Å². The van der Waals surface area contributed by atoms with Gasteiger partial charge in [-0.3, -0.25) is 0 Å². The normalized spacial score (nSPS) is 10.4. The molecule has 0 unspecified atom stereocenters. The van der Waals surface area contributed by atoms with Crippen molar-refractivity contribution in [2.45, 2.75) is 6.92 Å². The molecule has 0 aliphatic heterocycles. The Balaban J connectivity index is 2.37. The van der Waals surface area contributed by atoms with E-state index in [9.17, 15) is 4.79 Å². The molecule has 0 aliphatic carbocycles. The molecular formula is C10H10ClN5OS. The first-order valence-electron chi connectivity index (χ1n) is 5.18. The van der Waals surface area contributed by atoms with Crippen molar-refractivity contribution in [2.24, 2.45) is 0 Å². The first-order chi connectivity index (χ1) is 8.61. The van der Waals surface area contributed by atoms with Crippen LogP contribution in [-0.2, 0) is 0 Å². The zero-order valence-electron chi connectivity index (χ0n) is 9.46. The van der Waals surface area contributed by atoms with Crippen molar-refractivity contribution >= 4 is 47.4 Å². The molecule has 2 rings (SSSR count). The molecule has 0 atom stereocenters. The van der Waals surface area contributed by atoms with E-state index in [1.165, 1.54) is 6.20 Å². The zero-order chi connectivity index (χ0) is 13.1. The summed E-state index contributed by atoms with van der Waals surface area (Å²) in [5.74, 6) is 0.355. The summed E-state index contributed by atoms with van der Waals surface area (Å²) in [7, 11) is 0. The van der Waals surface area contributed by atoms with Gasteiger partial charge in [-0.2, -0.15) is 0 Å². The largest absolute Gasteiger partial charge is 0.337 e. The number of hydrogen-bond donors (Lipinski definition) is 2. The van der Waals surface area contributed by atoms with E-state index < -0.39 is 0 Å². The maximum absolute atomic E-state index is 11.6. The van der Waals surface area contributed by atoms with E-state index in [1.54, 1.807) is 12.1 Å². The number of urea groups is 1. The average molecular weight is 284 g/mol. The second kappa shape index (κ2) is 5.36. The van der Waals surface area contributed by atoms with Crippen LogP contribution < -0.4 is 9.62 Å². The molecule has 0 fully saturated rings. The van der Waals surface area contributed by atoms with Crippen molar-refractivity contribution in [3.63, 3.8) is 0 Å². The number of halogens is 1. The maximum atomic E-state index is 11.6. The number of nitrogens with one attached hydrogen (secondary N) is 1. The quantitative estimate of drug-likeness (QED) is 0.828. The number of thiol groups is 1. The molecule has 94 valence electrons. The van der Waals surface area contributed by atoms with Crippen LogP contribution in [0.5, 0.6) is 0 Å². The van der Waals surface area contributed by atoms with E-state index in [2.05, 4.69) is 33.1 Å². The summed E-state index contributed by atoms with van der Waals surface area (Å²) in [4.78, 5) is 23.8. The smallest absolute Gasteiger partial charge is 0.333 e. The van der Waals surface area contributed by atoms with Gasteiger partial charge in [0.2, 0.25) is 0 Å². The lowest BCUT2D eigenvalue weighted by Crippen LogP contribution is -2.34. The molecule has 0 radical (unpaired) electrons. The third-order valence-electron chi connectivity index (χ3n) is 2.10. The fourth-order valence-corrected chi connectivity index (χ4v) is 1.63. The fourth-order valence-electron chi connectivity index (χ4n) is 1.32. The monoisotopic (exact) mass is 283 g/mol. The highest BCUT2D eigenvalue weighted by atomic mass is 35.5. The number of anilines is 1. The number of carbonyl (C=O) groups is 1. The number of carbonyl (C=O) groups excluding carboxylic acids is 1. The first-order valence-corrected chi connectivity index (χ1v) is 5.95. The Labute approximate surface area is 114 Å². The van der Waals surface area contributed by atoms with Crippen molar-refractivity contribution in [3.05, 3.63) is 23.5 Å². The van der Waals surface area contributed by atoms with Gasteiger partial charge in [0.15, 0.2) is 5.65 Å². The molecule has 0 bridgehead atoms. The maximum Gasteiger partial charge on any atom is 0.333 e. The molecule has 2 heterocycles. The van der Waals surface area contributed by atoms with E-state index in [0.29, 0.717) is 23.5 Å². The van der Waals surface area contributed by atoms with Crippen LogP contribution in [0.2, 0.25) is 5.15 Å². The molecule has 2 amide bonds. The van der Waals surface area contributed by atoms with Crippen molar-refractivity contribution < 1.29 is 4.79 Å². The Kier molecular flexibility index (Phi) is 3.83. The molecule has 6 nitrogen and oxygen atoms in total. The standard InChI is InChI=1S/C10H10ClN5OS/c1-2-12-10(17)16(18)8-4-3-6-9(15-8)14-7(11)5-13-6/h3-5,18H,2H2,1H3,(H,12,17). The lowest BCUT2D eigenvalue weighted by Gasteiger charge is -2.14. The zero-order valence-corrected chi connectivity index (χ0v) is 11.1. The predicted molar refractivity (Wildman–Crippen MR) is 72.9 cm³/mol. The second-order valence-electron chi connectivity index (χ2n) is 3.35. The summed E-state index contributed by atoms with van der Waals surface area (Å²) in [5, 5.41) is 2.86. The molecule has 18 heavy (non-hydrogen) atoms. The van der Waals surface area contributed by atoms with Gasteiger partial charge in [0.25, 0.3) is 0 Å². The number of aromatic nitrogens is 3. The molecule has 2 aromatic rings. The van der Waals surface area contributed by atoms with Crippen LogP contribution in [0.25, 0.3) is 11.2 Å². The minimum atomic E-state index is -0.359. The van der Waals surface area contributed by atoms with E-state index >= 15 is 0 Å². The van der Waals surface area contributed by atoms with E-state index in [0.717, 1.165) is 4.31 Å². The Morgan fingerprint density at radius 1 is 1.50 bits per heavy atom. The van der Waals surface area contributed by atoms with Crippen LogP contribution in [0.3, 0.4) is 0 Å². The second-order valence-corrected chi connectivity index (χ2v) is 4.14. The summed E-state index contributed by atoms with van der Waals surface area (Å²) < 4.78 is 1.10. The molecule has 0 aliphatic rings. The van der Waals surface area contributed by atoms with Crippen molar-refractivity contribution in [2.75, 3.05) is 10.8 Å². The third-order valence-corrected chi connectivity index (χ3v) is 2.67. The molecule has 1 N–H and O–H groups in total. The topological polar surface area (TPSA) is 71.0 Å². The highest BCUT2D eigenvalue weighted by Gasteiger charge is 2.13. The van der Waals surface area contributed by atoms with Crippen molar-refractivity contribution in [1.29, 1.82) is 0 Å². The average Bonchev–Trinajstić information content (AvgIpc) is 2.37. The van der Waals surface area contributed by atoms with Gasteiger partial charge in [-0.1, -0.05) is 24.4 Å². The molecule has 0 saturated carbocycles. The van der Waals surface area contributed by atoms with Crippen LogP contribution in [-0.4, -0.2) is 27.5 Å². The molecule has 2 aromatic heterocycles. The number of hydrogen-bond acceptors (Lipinski definition) is 5. The SMILES string of the molecule is CCNC(=O)N(S)c1ccc2ncc(Cl)nc2n1. The minimum absolute atomic E-state index is 0.246. The fraction of sp³-hybridized carbons (Fsp3) is 0.200. The van der Waals surface area contributed by atoms with Crippen LogP contribution in [0.4, 0.5) is 10.6 Å². The van der Waals surface area contributed by atoms with Gasteiger partial charge in [-0.15, -0.1) is 0 Å². The Morgan fingerprint density at radius 3 is 3.00 bits per heavy atom. The van der Waals surface area contributed by atoms with E-state index in [1.807, 2.05) is 6.92 Å². The summed E-state index contributed by atoms with van der Waals surface area (Å²) in [6.07, 6.45) is 1.44. The number of nitrogens with zero attached hydrogens (tertiary/aromatic N) is 4. The lowest BCUT2D eigenvalue weighted by atomic mass is 10.4. The van der Waals surface area contributed by atoms with Crippen LogP contribution >= 0.6 is 24.4 Å². The van der Waals surface area contributed by atoms with Crippen LogP contribution in [0, 0.1) is 0 Å². The van der Waals surface area contributed by atoms with E-state index in [4.69, 9.17) is 11.6 Å². The van der Waals surface area contributed by atoms with Gasteiger partial charge in [0.1, 0.15) is 16.5 Å². The van der Waals surface area contributed by atoms with Gasteiger partial charge >= 0.3 is 6.03 Å². The van der Waals surface area contributed by atoms with Gasteiger partial charge in [-0.25, -0.2) is 24.1 Å². The third kappa shape index (κ3) is 2.62. The lowest BCUT2D eigenvalue weighted by molar-refractivity contribution is 0.250. The predicted octanol–water partition coefficient (Wildman–Crippen LogP) is 2.06. The van der Waals surface area contributed by atoms with Crippen LogP contribution in [0.1, 0.15) is 6.92 Å². The van der Waals surface area contributed by atoms with Crippen molar-refractivity contribution in [1.82, 2.24) is 20.3 Å². The molecule has 0 aromatic carbocycles. The first kappa shape index (κ1) is 12.8. The molecular weight excluding hydrogens is 274 g/mol. The van der Waals surface area contributed by atoms with Gasteiger partial charge in [-0.05, 0) is 19.1 Å². The number of rotatable bonds is 2.